The van der Waals surface area contributed by atoms with Crippen molar-refractivity contribution in [2.75, 3.05) is 20.8 Å². The van der Waals surface area contributed by atoms with Crippen LogP contribution in [0.3, 0.4) is 0 Å². The van der Waals surface area contributed by atoms with E-state index in [0.717, 1.165) is 16.9 Å². The first-order chi connectivity index (χ1) is 11.6. The predicted octanol–water partition coefficient (Wildman–Crippen LogP) is 3.19. The molecule has 0 unspecified atom stereocenters. The molecular formula is C19H21NO4. The first kappa shape index (κ1) is 16.2. The normalized spacial score (nSPS) is 15.1. The van der Waals surface area contributed by atoms with Crippen molar-refractivity contribution in [3.05, 3.63) is 53.6 Å². The van der Waals surface area contributed by atoms with Crippen LogP contribution in [0.25, 0.3) is 0 Å². The van der Waals surface area contributed by atoms with E-state index >= 15 is 0 Å². The molecule has 0 aliphatic carbocycles. The Balaban J connectivity index is 1.91. The number of fused-ring (bicyclic) bond motifs is 1. The number of rotatable bonds is 4. The lowest BCUT2D eigenvalue weighted by atomic mass is 10.0. The fraction of sp³-hybridized carbons (Fsp3) is 0.316. The van der Waals surface area contributed by atoms with Crippen LogP contribution in [0.2, 0.25) is 0 Å². The monoisotopic (exact) mass is 327 g/mol. The third-order valence-electron chi connectivity index (χ3n) is 4.34. The van der Waals surface area contributed by atoms with Crippen LogP contribution >= 0.6 is 0 Å². The molecule has 3 rings (SSSR count). The summed E-state index contributed by atoms with van der Waals surface area (Å²) in [4.78, 5) is 14.3. The van der Waals surface area contributed by atoms with Crippen molar-refractivity contribution in [3.8, 4) is 17.2 Å². The highest BCUT2D eigenvalue weighted by Gasteiger charge is 2.26. The molecule has 0 N–H and O–H groups in total. The van der Waals surface area contributed by atoms with Gasteiger partial charge in [0.15, 0.2) is 18.1 Å². The van der Waals surface area contributed by atoms with Crippen LogP contribution in [0.15, 0.2) is 42.5 Å². The van der Waals surface area contributed by atoms with Gasteiger partial charge in [0.25, 0.3) is 5.91 Å². The highest BCUT2D eigenvalue weighted by atomic mass is 16.5. The molecule has 1 heterocycles. The summed E-state index contributed by atoms with van der Waals surface area (Å²) in [6.07, 6.45) is 0. The summed E-state index contributed by atoms with van der Waals surface area (Å²) in [6.45, 7) is 2.58. The molecule has 1 aliphatic rings. The molecule has 0 radical (unpaired) electrons. The maximum atomic E-state index is 12.5. The lowest BCUT2D eigenvalue weighted by Crippen LogP contribution is -2.34. The van der Waals surface area contributed by atoms with Gasteiger partial charge in [0, 0.05) is 5.56 Å². The average Bonchev–Trinajstić information content (AvgIpc) is 2.79. The number of methoxy groups -OCH3 is 2. The smallest absolute Gasteiger partial charge is 0.261 e. The van der Waals surface area contributed by atoms with E-state index in [9.17, 15) is 4.79 Å². The summed E-state index contributed by atoms with van der Waals surface area (Å²) >= 11 is 0. The van der Waals surface area contributed by atoms with Gasteiger partial charge in [-0.3, -0.25) is 4.79 Å². The average molecular weight is 327 g/mol. The van der Waals surface area contributed by atoms with E-state index in [1.165, 1.54) is 0 Å². The molecule has 0 saturated heterocycles. The minimum atomic E-state index is -0.105. The van der Waals surface area contributed by atoms with Crippen LogP contribution < -0.4 is 14.2 Å². The van der Waals surface area contributed by atoms with Gasteiger partial charge in [-0.25, -0.2) is 0 Å². The Morgan fingerprint density at radius 1 is 1.08 bits per heavy atom. The highest BCUT2D eigenvalue weighted by Crippen LogP contribution is 2.34. The number of hydrogen-bond acceptors (Lipinski definition) is 4. The van der Waals surface area contributed by atoms with Crippen molar-refractivity contribution in [3.63, 3.8) is 0 Å². The summed E-state index contributed by atoms with van der Waals surface area (Å²) in [5.41, 5.74) is 2.00. The van der Waals surface area contributed by atoms with Gasteiger partial charge in [-0.15, -0.1) is 0 Å². The Labute approximate surface area is 141 Å². The zero-order chi connectivity index (χ0) is 17.1. The number of carbonyl (C=O) groups is 1. The van der Waals surface area contributed by atoms with Gasteiger partial charge in [-0.05, 0) is 30.7 Å². The van der Waals surface area contributed by atoms with Crippen LogP contribution in [-0.2, 0) is 11.3 Å². The number of benzene rings is 2. The number of carbonyl (C=O) groups excluding carboxylic acids is 1. The Morgan fingerprint density at radius 3 is 2.58 bits per heavy atom. The van der Waals surface area contributed by atoms with E-state index in [-0.39, 0.29) is 18.6 Å². The van der Waals surface area contributed by atoms with Gasteiger partial charge in [0.05, 0.1) is 26.8 Å². The third-order valence-corrected chi connectivity index (χ3v) is 4.34. The van der Waals surface area contributed by atoms with E-state index in [4.69, 9.17) is 14.2 Å². The Morgan fingerprint density at radius 2 is 1.83 bits per heavy atom. The van der Waals surface area contributed by atoms with E-state index < -0.39 is 0 Å². The SMILES string of the molecule is COc1ccc([C@H](C)N2Cc3ccccc3OCC2=O)cc1OC. The van der Waals surface area contributed by atoms with Crippen molar-refractivity contribution < 1.29 is 19.0 Å². The molecule has 1 aliphatic heterocycles. The van der Waals surface area contributed by atoms with Gasteiger partial charge in [0.2, 0.25) is 0 Å². The fourth-order valence-corrected chi connectivity index (χ4v) is 2.91. The molecule has 24 heavy (non-hydrogen) atoms. The largest absolute Gasteiger partial charge is 0.493 e. The first-order valence-electron chi connectivity index (χ1n) is 7.86. The molecule has 0 fully saturated rings. The second-order valence-corrected chi connectivity index (χ2v) is 5.71. The molecule has 2 aromatic rings. The summed E-state index contributed by atoms with van der Waals surface area (Å²) < 4.78 is 16.3. The summed E-state index contributed by atoms with van der Waals surface area (Å²) in [6, 6.07) is 13.4. The fourth-order valence-electron chi connectivity index (χ4n) is 2.91. The maximum Gasteiger partial charge on any atom is 0.261 e. The van der Waals surface area contributed by atoms with E-state index in [2.05, 4.69) is 0 Å². The predicted molar refractivity (Wildman–Crippen MR) is 90.4 cm³/mol. The molecule has 2 aromatic carbocycles. The van der Waals surface area contributed by atoms with E-state index in [0.29, 0.717) is 18.0 Å². The Hall–Kier alpha value is -2.69. The second kappa shape index (κ2) is 6.83. The molecule has 1 amide bonds. The minimum absolute atomic E-state index is 0.0338. The third kappa shape index (κ3) is 3.02. The van der Waals surface area contributed by atoms with Crippen molar-refractivity contribution in [2.45, 2.75) is 19.5 Å². The second-order valence-electron chi connectivity index (χ2n) is 5.71. The van der Waals surface area contributed by atoms with Crippen molar-refractivity contribution >= 4 is 5.91 Å². The molecule has 5 nitrogen and oxygen atoms in total. The Kier molecular flexibility index (Phi) is 4.60. The van der Waals surface area contributed by atoms with E-state index in [1.807, 2.05) is 54.3 Å². The topological polar surface area (TPSA) is 48.0 Å². The molecule has 0 saturated carbocycles. The highest BCUT2D eigenvalue weighted by molar-refractivity contribution is 5.79. The van der Waals surface area contributed by atoms with Crippen LogP contribution in [0.5, 0.6) is 17.2 Å². The van der Waals surface area contributed by atoms with Crippen LogP contribution in [0, 0.1) is 0 Å². The number of amides is 1. The Bertz CT molecular complexity index is 744. The lowest BCUT2D eigenvalue weighted by molar-refractivity contribution is -0.135. The molecule has 0 spiro atoms. The van der Waals surface area contributed by atoms with Gasteiger partial charge in [-0.1, -0.05) is 24.3 Å². The molecule has 126 valence electrons. The first-order valence-corrected chi connectivity index (χ1v) is 7.86. The zero-order valence-electron chi connectivity index (χ0n) is 14.1. The van der Waals surface area contributed by atoms with Gasteiger partial charge < -0.3 is 19.1 Å². The van der Waals surface area contributed by atoms with Crippen molar-refractivity contribution in [2.24, 2.45) is 0 Å². The molecule has 5 heteroatoms. The van der Waals surface area contributed by atoms with Crippen molar-refractivity contribution in [1.29, 1.82) is 0 Å². The van der Waals surface area contributed by atoms with Crippen LogP contribution in [0.1, 0.15) is 24.1 Å². The number of hydrogen-bond donors (Lipinski definition) is 0. The number of nitrogens with zero attached hydrogens (tertiary/aromatic N) is 1. The maximum absolute atomic E-state index is 12.5. The van der Waals surface area contributed by atoms with Crippen LogP contribution in [-0.4, -0.2) is 31.6 Å². The van der Waals surface area contributed by atoms with Gasteiger partial charge >= 0.3 is 0 Å². The van der Waals surface area contributed by atoms with Crippen molar-refractivity contribution in [1.82, 2.24) is 4.90 Å². The van der Waals surface area contributed by atoms with E-state index in [1.54, 1.807) is 14.2 Å². The molecule has 0 aromatic heterocycles. The molecular weight excluding hydrogens is 306 g/mol. The summed E-state index contributed by atoms with van der Waals surface area (Å²) in [5.74, 6) is 2.06. The quantitative estimate of drug-likeness (QED) is 0.865. The summed E-state index contributed by atoms with van der Waals surface area (Å²) in [7, 11) is 3.21. The summed E-state index contributed by atoms with van der Waals surface area (Å²) in [5, 5.41) is 0. The number of para-hydroxylation sites is 1. The van der Waals surface area contributed by atoms with Gasteiger partial charge in [0.1, 0.15) is 5.75 Å². The van der Waals surface area contributed by atoms with Gasteiger partial charge in [-0.2, -0.15) is 0 Å². The molecule has 1 atom stereocenters. The standard InChI is InChI=1S/C19H21NO4/c1-13(14-8-9-17(22-2)18(10-14)23-3)20-11-15-6-4-5-7-16(15)24-12-19(20)21/h4-10,13H,11-12H2,1-3H3/t13-/m0/s1. The molecule has 0 bridgehead atoms. The minimum Gasteiger partial charge on any atom is -0.493 e. The zero-order valence-corrected chi connectivity index (χ0v) is 14.1. The van der Waals surface area contributed by atoms with Crippen LogP contribution in [0.4, 0.5) is 0 Å². The lowest BCUT2D eigenvalue weighted by Gasteiger charge is -2.28. The number of ether oxygens (including phenoxy) is 3.